The van der Waals surface area contributed by atoms with E-state index in [1.807, 2.05) is 0 Å². The van der Waals surface area contributed by atoms with Gasteiger partial charge in [-0.25, -0.2) is 0 Å². The summed E-state index contributed by atoms with van der Waals surface area (Å²) in [6.07, 6.45) is 2.57. The zero-order valence-electron chi connectivity index (χ0n) is 12.6. The summed E-state index contributed by atoms with van der Waals surface area (Å²) >= 11 is 0. The van der Waals surface area contributed by atoms with Gasteiger partial charge in [0.2, 0.25) is 11.8 Å². The second-order valence-corrected chi connectivity index (χ2v) is 6.88. The van der Waals surface area contributed by atoms with E-state index in [1.54, 1.807) is 0 Å². The van der Waals surface area contributed by atoms with Crippen LogP contribution >= 0.6 is 0 Å². The van der Waals surface area contributed by atoms with Gasteiger partial charge in [-0.05, 0) is 17.3 Å². The molecule has 1 rings (SSSR count). The van der Waals surface area contributed by atoms with Crippen molar-refractivity contribution in [1.82, 2.24) is 5.32 Å². The van der Waals surface area contributed by atoms with Crippen molar-refractivity contribution < 1.29 is 9.59 Å². The molecule has 1 aliphatic rings. The Labute approximate surface area is 111 Å². The Morgan fingerprint density at radius 1 is 0.944 bits per heavy atom. The lowest BCUT2D eigenvalue weighted by Crippen LogP contribution is -2.53. The fourth-order valence-corrected chi connectivity index (χ4v) is 2.59. The molecule has 1 fully saturated rings. The summed E-state index contributed by atoms with van der Waals surface area (Å²) in [5.74, 6) is -0.294. The van der Waals surface area contributed by atoms with Gasteiger partial charge in [0.15, 0.2) is 0 Å². The van der Waals surface area contributed by atoms with Crippen molar-refractivity contribution in [2.45, 2.75) is 60.8 Å². The fraction of sp³-hybridized carbons (Fsp3) is 0.867. The van der Waals surface area contributed by atoms with Gasteiger partial charge in [-0.2, -0.15) is 0 Å². The molecule has 0 aliphatic carbocycles. The Kier molecular flexibility index (Phi) is 4.24. The van der Waals surface area contributed by atoms with Gasteiger partial charge >= 0.3 is 0 Å². The number of imide groups is 1. The molecule has 0 radical (unpaired) electrons. The quantitative estimate of drug-likeness (QED) is 0.782. The third-order valence-electron chi connectivity index (χ3n) is 5.06. The lowest BCUT2D eigenvalue weighted by Gasteiger charge is -2.42. The summed E-state index contributed by atoms with van der Waals surface area (Å²) in [7, 11) is 0. The van der Waals surface area contributed by atoms with E-state index in [0.717, 1.165) is 12.8 Å². The van der Waals surface area contributed by atoms with Crippen LogP contribution in [0, 0.1) is 22.7 Å². The van der Waals surface area contributed by atoms with E-state index in [1.165, 1.54) is 0 Å². The van der Waals surface area contributed by atoms with Gasteiger partial charge in [0.1, 0.15) is 0 Å². The molecule has 104 valence electrons. The third kappa shape index (κ3) is 2.76. The van der Waals surface area contributed by atoms with E-state index in [0.29, 0.717) is 6.42 Å². The van der Waals surface area contributed by atoms with Crippen molar-refractivity contribution >= 4 is 11.8 Å². The molecule has 0 bridgehead atoms. The number of piperidine rings is 1. The minimum Gasteiger partial charge on any atom is -0.296 e. The van der Waals surface area contributed by atoms with Crippen LogP contribution in [0.25, 0.3) is 0 Å². The van der Waals surface area contributed by atoms with E-state index in [-0.39, 0.29) is 34.5 Å². The Hall–Kier alpha value is -0.860. The second-order valence-electron chi connectivity index (χ2n) is 6.88. The van der Waals surface area contributed by atoms with Gasteiger partial charge in [0, 0.05) is 11.8 Å². The van der Waals surface area contributed by atoms with Crippen molar-refractivity contribution in [1.29, 1.82) is 0 Å². The highest BCUT2D eigenvalue weighted by Crippen LogP contribution is 2.43. The van der Waals surface area contributed by atoms with E-state index in [2.05, 4.69) is 46.9 Å². The number of nitrogens with one attached hydrogen (secondary N) is 1. The summed E-state index contributed by atoms with van der Waals surface area (Å²) < 4.78 is 0. The van der Waals surface area contributed by atoms with Gasteiger partial charge in [-0.15, -0.1) is 0 Å². The standard InChI is InChI=1S/C15H27NO2/c1-7-14(3,4)10-9-11(15(5,6)8-2)13(18)16-12(10)17/h10-11H,7-9H2,1-6H3,(H,16,17,18). The highest BCUT2D eigenvalue weighted by atomic mass is 16.2. The van der Waals surface area contributed by atoms with Crippen LogP contribution in [0.2, 0.25) is 0 Å². The highest BCUT2D eigenvalue weighted by Gasteiger charge is 2.46. The largest absolute Gasteiger partial charge is 0.296 e. The number of carbonyl (C=O) groups excluding carboxylic acids is 2. The van der Waals surface area contributed by atoms with Crippen LogP contribution in [0.15, 0.2) is 0 Å². The summed E-state index contributed by atoms with van der Waals surface area (Å²) in [6, 6.07) is 0. The molecule has 1 saturated heterocycles. The first-order valence-electron chi connectivity index (χ1n) is 7.00. The van der Waals surface area contributed by atoms with Crippen molar-refractivity contribution in [3.05, 3.63) is 0 Å². The topological polar surface area (TPSA) is 46.2 Å². The average molecular weight is 253 g/mol. The molecule has 0 spiro atoms. The summed E-state index contributed by atoms with van der Waals surface area (Å²) in [6.45, 7) is 12.7. The smallest absolute Gasteiger partial charge is 0.230 e. The molecule has 2 unspecified atom stereocenters. The lowest BCUT2D eigenvalue weighted by molar-refractivity contribution is -0.146. The molecule has 0 aromatic heterocycles. The van der Waals surface area contributed by atoms with Crippen molar-refractivity contribution in [2.75, 3.05) is 0 Å². The molecule has 0 aromatic carbocycles. The number of rotatable bonds is 4. The zero-order chi connectivity index (χ0) is 14.1. The molecule has 1 heterocycles. The molecule has 1 aliphatic heterocycles. The lowest BCUT2D eigenvalue weighted by atomic mass is 9.64. The molecule has 2 atom stereocenters. The zero-order valence-corrected chi connectivity index (χ0v) is 12.6. The molecule has 2 amide bonds. The molecule has 0 aromatic rings. The van der Waals surface area contributed by atoms with Crippen molar-refractivity contribution in [2.24, 2.45) is 22.7 Å². The number of amides is 2. The Morgan fingerprint density at radius 2 is 1.28 bits per heavy atom. The van der Waals surface area contributed by atoms with Crippen molar-refractivity contribution in [3.8, 4) is 0 Å². The van der Waals surface area contributed by atoms with E-state index < -0.39 is 0 Å². The van der Waals surface area contributed by atoms with Gasteiger partial charge in [-0.1, -0.05) is 54.4 Å². The first kappa shape index (κ1) is 15.2. The molecule has 18 heavy (non-hydrogen) atoms. The molecular weight excluding hydrogens is 226 g/mol. The second kappa shape index (κ2) is 5.02. The third-order valence-corrected chi connectivity index (χ3v) is 5.06. The number of hydrogen-bond acceptors (Lipinski definition) is 2. The van der Waals surface area contributed by atoms with E-state index in [4.69, 9.17) is 0 Å². The predicted octanol–water partition coefficient (Wildman–Crippen LogP) is 3.14. The van der Waals surface area contributed by atoms with Crippen LogP contribution in [0.4, 0.5) is 0 Å². The van der Waals surface area contributed by atoms with Crippen LogP contribution in [-0.4, -0.2) is 11.8 Å². The molecule has 3 heteroatoms. The predicted molar refractivity (Wildman–Crippen MR) is 72.9 cm³/mol. The minimum absolute atomic E-state index is 0.0488. The molecule has 0 saturated carbocycles. The van der Waals surface area contributed by atoms with Crippen LogP contribution in [0.5, 0.6) is 0 Å². The number of carbonyl (C=O) groups is 2. The maximum absolute atomic E-state index is 12.0. The summed E-state index contributed by atoms with van der Waals surface area (Å²) in [5.41, 5.74) is -0.0975. The summed E-state index contributed by atoms with van der Waals surface area (Å²) in [4.78, 5) is 24.1. The molecule has 3 nitrogen and oxygen atoms in total. The van der Waals surface area contributed by atoms with Crippen LogP contribution in [0.3, 0.4) is 0 Å². The van der Waals surface area contributed by atoms with Crippen LogP contribution in [-0.2, 0) is 9.59 Å². The maximum Gasteiger partial charge on any atom is 0.230 e. The first-order valence-corrected chi connectivity index (χ1v) is 7.00. The van der Waals surface area contributed by atoms with E-state index in [9.17, 15) is 9.59 Å². The van der Waals surface area contributed by atoms with Crippen LogP contribution in [0.1, 0.15) is 60.8 Å². The first-order chi connectivity index (χ1) is 8.15. The molecular formula is C15H27NO2. The Bertz CT molecular complexity index is 312. The van der Waals surface area contributed by atoms with Crippen molar-refractivity contribution in [3.63, 3.8) is 0 Å². The van der Waals surface area contributed by atoms with Crippen LogP contribution < -0.4 is 5.32 Å². The van der Waals surface area contributed by atoms with Gasteiger partial charge in [0.05, 0.1) is 0 Å². The van der Waals surface area contributed by atoms with Gasteiger partial charge in [0.25, 0.3) is 0 Å². The molecule has 1 N–H and O–H groups in total. The van der Waals surface area contributed by atoms with E-state index >= 15 is 0 Å². The SMILES string of the molecule is CCC(C)(C)C1CC(C(C)(C)CC)C(=O)NC1=O. The fourth-order valence-electron chi connectivity index (χ4n) is 2.59. The highest BCUT2D eigenvalue weighted by molar-refractivity contribution is 6.00. The number of hydrogen-bond donors (Lipinski definition) is 1. The Balaban J connectivity index is 2.99. The Morgan fingerprint density at radius 3 is 1.56 bits per heavy atom. The van der Waals surface area contributed by atoms with Gasteiger partial charge in [-0.3, -0.25) is 14.9 Å². The minimum atomic E-state index is -0.0880. The average Bonchev–Trinajstić information content (AvgIpc) is 2.28. The summed E-state index contributed by atoms with van der Waals surface area (Å²) in [5, 5.41) is 2.58. The monoisotopic (exact) mass is 253 g/mol. The normalized spacial score (nSPS) is 26.1. The van der Waals surface area contributed by atoms with Gasteiger partial charge < -0.3 is 0 Å². The maximum atomic E-state index is 12.0.